The standard InChI is InChI=1S/C20H18N2O5/c1-25-18-10-13(4-7-17(18)27-20(24)14-5-6-14)9-15(11-21)19(23)22-12-16-3-2-8-26-16/h2-4,7-10,14H,5-6,12H2,1H3,(H,22,23)/b15-9+. The lowest BCUT2D eigenvalue weighted by atomic mass is 10.1. The Hall–Kier alpha value is -3.53. The molecule has 1 amide bonds. The second-order valence-electron chi connectivity index (χ2n) is 6.04. The van der Waals surface area contributed by atoms with Crippen molar-refractivity contribution in [1.82, 2.24) is 5.32 Å². The Bertz CT molecular complexity index is 905. The first kappa shape index (κ1) is 18.3. The molecule has 138 valence electrons. The summed E-state index contributed by atoms with van der Waals surface area (Å²) >= 11 is 0. The molecule has 0 atom stereocenters. The van der Waals surface area contributed by atoms with Gasteiger partial charge in [-0.2, -0.15) is 5.26 Å². The second kappa shape index (κ2) is 8.23. The molecule has 1 fully saturated rings. The highest BCUT2D eigenvalue weighted by Gasteiger charge is 2.32. The molecule has 0 saturated heterocycles. The van der Waals surface area contributed by atoms with Crippen LogP contribution in [0.15, 0.2) is 46.6 Å². The van der Waals surface area contributed by atoms with E-state index >= 15 is 0 Å². The van der Waals surface area contributed by atoms with Crippen molar-refractivity contribution in [2.24, 2.45) is 5.92 Å². The predicted molar refractivity (Wildman–Crippen MR) is 95.5 cm³/mol. The third kappa shape index (κ3) is 4.76. The Morgan fingerprint density at radius 2 is 2.15 bits per heavy atom. The summed E-state index contributed by atoms with van der Waals surface area (Å²) in [5.74, 6) is 0.434. The van der Waals surface area contributed by atoms with Crippen molar-refractivity contribution in [3.05, 3.63) is 53.5 Å². The van der Waals surface area contributed by atoms with E-state index in [4.69, 9.17) is 13.9 Å². The molecule has 0 spiro atoms. The van der Waals surface area contributed by atoms with E-state index in [0.717, 1.165) is 12.8 Å². The van der Waals surface area contributed by atoms with Gasteiger partial charge < -0.3 is 19.2 Å². The molecule has 7 nitrogen and oxygen atoms in total. The fraction of sp³-hybridized carbons (Fsp3) is 0.250. The first-order chi connectivity index (χ1) is 13.1. The molecule has 3 rings (SSSR count). The van der Waals surface area contributed by atoms with E-state index < -0.39 is 5.91 Å². The summed E-state index contributed by atoms with van der Waals surface area (Å²) in [6, 6.07) is 10.2. The normalized spacial score (nSPS) is 13.6. The van der Waals surface area contributed by atoms with Crippen LogP contribution in [0, 0.1) is 17.2 Å². The van der Waals surface area contributed by atoms with Crippen LogP contribution in [0.2, 0.25) is 0 Å². The van der Waals surface area contributed by atoms with Gasteiger partial charge in [-0.15, -0.1) is 0 Å². The van der Waals surface area contributed by atoms with Crippen LogP contribution in [0.25, 0.3) is 6.08 Å². The summed E-state index contributed by atoms with van der Waals surface area (Å²) in [6.45, 7) is 0.185. The maximum atomic E-state index is 12.2. The zero-order chi connectivity index (χ0) is 19.2. The minimum absolute atomic E-state index is 0.0303. The summed E-state index contributed by atoms with van der Waals surface area (Å²) in [4.78, 5) is 24.0. The van der Waals surface area contributed by atoms with Crippen LogP contribution in [0.4, 0.5) is 0 Å². The van der Waals surface area contributed by atoms with Crippen LogP contribution < -0.4 is 14.8 Å². The van der Waals surface area contributed by atoms with E-state index in [2.05, 4.69) is 5.32 Å². The molecule has 7 heteroatoms. The summed E-state index contributed by atoms with van der Waals surface area (Å²) in [5, 5.41) is 11.9. The van der Waals surface area contributed by atoms with Gasteiger partial charge in [0.15, 0.2) is 11.5 Å². The van der Waals surface area contributed by atoms with Gasteiger partial charge in [0.1, 0.15) is 17.4 Å². The molecule has 1 heterocycles. The maximum absolute atomic E-state index is 12.2. The Balaban J connectivity index is 1.72. The highest BCUT2D eigenvalue weighted by atomic mass is 16.6. The summed E-state index contributed by atoms with van der Waals surface area (Å²) in [7, 11) is 1.46. The molecule has 0 aliphatic heterocycles. The second-order valence-corrected chi connectivity index (χ2v) is 6.04. The lowest BCUT2D eigenvalue weighted by Crippen LogP contribution is -2.23. The minimum atomic E-state index is -0.517. The largest absolute Gasteiger partial charge is 0.493 e. The van der Waals surface area contributed by atoms with Gasteiger partial charge in [0.25, 0.3) is 5.91 Å². The highest BCUT2D eigenvalue weighted by molar-refractivity contribution is 6.01. The SMILES string of the molecule is COc1cc(/C=C(\C#N)C(=O)NCc2ccco2)ccc1OC(=O)C1CC1. The van der Waals surface area contributed by atoms with Crippen molar-refractivity contribution >= 4 is 18.0 Å². The average Bonchev–Trinajstić information content (AvgIpc) is 3.41. The number of carbonyl (C=O) groups excluding carboxylic acids is 2. The van der Waals surface area contributed by atoms with Gasteiger partial charge in [0.05, 0.1) is 25.8 Å². The van der Waals surface area contributed by atoms with Gasteiger partial charge in [0, 0.05) is 0 Å². The number of esters is 1. The lowest BCUT2D eigenvalue weighted by molar-refractivity contribution is -0.135. The van der Waals surface area contributed by atoms with E-state index in [1.165, 1.54) is 19.4 Å². The van der Waals surface area contributed by atoms with Gasteiger partial charge in [-0.3, -0.25) is 9.59 Å². The van der Waals surface area contributed by atoms with Crippen molar-refractivity contribution in [1.29, 1.82) is 5.26 Å². The van der Waals surface area contributed by atoms with Gasteiger partial charge in [0.2, 0.25) is 0 Å². The van der Waals surface area contributed by atoms with Crippen molar-refractivity contribution in [3.63, 3.8) is 0 Å². The van der Waals surface area contributed by atoms with Crippen LogP contribution in [-0.4, -0.2) is 19.0 Å². The molecule has 1 aromatic carbocycles. The van der Waals surface area contributed by atoms with E-state index in [-0.39, 0.29) is 24.0 Å². The molecule has 1 N–H and O–H groups in total. The van der Waals surface area contributed by atoms with E-state index in [1.54, 1.807) is 30.3 Å². The number of nitriles is 1. The molecule has 27 heavy (non-hydrogen) atoms. The molecule has 0 radical (unpaired) electrons. The number of hydrogen-bond acceptors (Lipinski definition) is 6. The molecule has 1 aromatic heterocycles. The number of hydrogen-bond donors (Lipinski definition) is 1. The van der Waals surface area contributed by atoms with Crippen molar-refractivity contribution in [2.45, 2.75) is 19.4 Å². The third-order valence-electron chi connectivity index (χ3n) is 3.99. The van der Waals surface area contributed by atoms with Crippen LogP contribution in [-0.2, 0) is 16.1 Å². The quantitative estimate of drug-likeness (QED) is 0.350. The van der Waals surface area contributed by atoms with E-state index in [0.29, 0.717) is 22.8 Å². The zero-order valence-corrected chi connectivity index (χ0v) is 14.7. The fourth-order valence-corrected chi connectivity index (χ4v) is 2.36. The molecular formula is C20H18N2O5. The number of methoxy groups -OCH3 is 1. The van der Waals surface area contributed by atoms with Crippen LogP contribution in [0.5, 0.6) is 11.5 Å². The first-order valence-corrected chi connectivity index (χ1v) is 8.43. The number of carbonyl (C=O) groups is 2. The molecule has 0 unspecified atom stereocenters. The Morgan fingerprint density at radius 1 is 1.33 bits per heavy atom. The van der Waals surface area contributed by atoms with Crippen LogP contribution in [0.1, 0.15) is 24.2 Å². The molecule has 0 bridgehead atoms. The van der Waals surface area contributed by atoms with Crippen LogP contribution in [0.3, 0.4) is 0 Å². The number of ether oxygens (including phenoxy) is 2. The Kier molecular flexibility index (Phi) is 5.57. The lowest BCUT2D eigenvalue weighted by Gasteiger charge is -2.10. The smallest absolute Gasteiger partial charge is 0.314 e. The average molecular weight is 366 g/mol. The molecule has 1 aliphatic rings. The fourth-order valence-electron chi connectivity index (χ4n) is 2.36. The summed E-state index contributed by atoms with van der Waals surface area (Å²) < 4.78 is 15.7. The maximum Gasteiger partial charge on any atom is 0.314 e. The molecule has 1 saturated carbocycles. The number of benzene rings is 1. The number of nitrogens with one attached hydrogen (secondary N) is 1. The van der Waals surface area contributed by atoms with Gasteiger partial charge in [-0.25, -0.2) is 0 Å². The predicted octanol–water partition coefficient (Wildman–Crippen LogP) is 2.83. The highest BCUT2D eigenvalue weighted by Crippen LogP contribution is 2.34. The summed E-state index contributed by atoms with van der Waals surface area (Å²) in [5.41, 5.74) is 0.508. The van der Waals surface area contributed by atoms with Crippen molar-refractivity contribution < 1.29 is 23.5 Å². The van der Waals surface area contributed by atoms with Gasteiger partial charge >= 0.3 is 5.97 Å². The topological polar surface area (TPSA) is 102 Å². The Morgan fingerprint density at radius 3 is 2.78 bits per heavy atom. The van der Waals surface area contributed by atoms with Crippen molar-refractivity contribution in [3.8, 4) is 17.6 Å². The Labute approximate surface area is 156 Å². The minimum Gasteiger partial charge on any atom is -0.493 e. The third-order valence-corrected chi connectivity index (χ3v) is 3.99. The van der Waals surface area contributed by atoms with E-state index in [1.807, 2.05) is 6.07 Å². The van der Waals surface area contributed by atoms with E-state index in [9.17, 15) is 14.9 Å². The van der Waals surface area contributed by atoms with Crippen LogP contribution >= 0.6 is 0 Å². The molecular weight excluding hydrogens is 348 g/mol. The number of furan rings is 1. The first-order valence-electron chi connectivity index (χ1n) is 8.43. The molecule has 1 aliphatic carbocycles. The van der Waals surface area contributed by atoms with Gasteiger partial charge in [-0.05, 0) is 48.7 Å². The van der Waals surface area contributed by atoms with Crippen molar-refractivity contribution in [2.75, 3.05) is 7.11 Å². The monoisotopic (exact) mass is 366 g/mol. The zero-order valence-electron chi connectivity index (χ0n) is 14.7. The number of amides is 1. The molecule has 2 aromatic rings. The number of nitrogens with zero attached hydrogens (tertiary/aromatic N) is 1. The summed E-state index contributed by atoms with van der Waals surface area (Å²) in [6.07, 6.45) is 4.64. The number of rotatable bonds is 7. The van der Waals surface area contributed by atoms with Gasteiger partial charge in [-0.1, -0.05) is 6.07 Å².